The van der Waals surface area contributed by atoms with E-state index in [4.69, 9.17) is 13.6 Å². The highest BCUT2D eigenvalue weighted by atomic mass is 16.5. The van der Waals surface area contributed by atoms with Gasteiger partial charge in [-0.1, -0.05) is 13.8 Å². The van der Waals surface area contributed by atoms with Crippen molar-refractivity contribution in [3.05, 3.63) is 29.5 Å². The zero-order valence-electron chi connectivity index (χ0n) is 12.2. The third kappa shape index (κ3) is 3.10. The molecule has 5 nitrogen and oxygen atoms in total. The highest BCUT2D eigenvalue weighted by Gasteiger charge is 2.23. The van der Waals surface area contributed by atoms with Crippen molar-refractivity contribution in [3.8, 4) is 11.5 Å². The summed E-state index contributed by atoms with van der Waals surface area (Å²) in [5.41, 5.74) is 1.36. The van der Waals surface area contributed by atoms with Gasteiger partial charge in [0.2, 0.25) is 11.7 Å². The van der Waals surface area contributed by atoms with Gasteiger partial charge >= 0.3 is 5.97 Å². The van der Waals surface area contributed by atoms with E-state index in [1.165, 1.54) is 0 Å². The summed E-state index contributed by atoms with van der Waals surface area (Å²) in [5.74, 6) is 1.24. The van der Waals surface area contributed by atoms with Crippen LogP contribution in [0.3, 0.4) is 0 Å². The lowest BCUT2D eigenvalue weighted by atomic mass is 10.1. The maximum absolute atomic E-state index is 11.9. The van der Waals surface area contributed by atoms with Crippen molar-refractivity contribution in [2.75, 3.05) is 6.61 Å². The van der Waals surface area contributed by atoms with Crippen LogP contribution in [0.5, 0.6) is 0 Å². The third-order valence-corrected chi connectivity index (χ3v) is 2.74. The molecule has 2 heterocycles. The van der Waals surface area contributed by atoms with Gasteiger partial charge in [0.1, 0.15) is 12.0 Å². The molecule has 2 aromatic heterocycles. The van der Waals surface area contributed by atoms with Gasteiger partial charge in [0.25, 0.3) is 0 Å². The summed E-state index contributed by atoms with van der Waals surface area (Å²) >= 11 is 0. The number of aryl methyl sites for hydroxylation is 1. The molecule has 0 bridgehead atoms. The van der Waals surface area contributed by atoms with Gasteiger partial charge in [0.05, 0.1) is 17.9 Å². The number of oxazole rings is 1. The molecule has 0 aromatic carbocycles. The number of furan rings is 1. The lowest BCUT2D eigenvalue weighted by molar-refractivity contribution is 0.0489. The second kappa shape index (κ2) is 5.94. The van der Waals surface area contributed by atoms with E-state index in [1.54, 1.807) is 13.2 Å². The number of ether oxygens (including phenoxy) is 1. The van der Waals surface area contributed by atoms with Crippen molar-refractivity contribution >= 4 is 5.97 Å². The molecule has 0 aliphatic carbocycles. The summed E-state index contributed by atoms with van der Waals surface area (Å²) in [6.07, 6.45) is 2.23. The fraction of sp³-hybridized carbons (Fsp3) is 0.467. The van der Waals surface area contributed by atoms with E-state index in [9.17, 15) is 4.79 Å². The second-order valence-corrected chi connectivity index (χ2v) is 5.06. The van der Waals surface area contributed by atoms with Gasteiger partial charge in [0, 0.05) is 0 Å². The molecule has 0 aliphatic heterocycles. The van der Waals surface area contributed by atoms with Gasteiger partial charge in [-0.25, -0.2) is 9.78 Å². The number of aromatic nitrogens is 1. The number of rotatable bonds is 5. The van der Waals surface area contributed by atoms with Crippen LogP contribution < -0.4 is 0 Å². The van der Waals surface area contributed by atoms with Crippen LogP contribution in [0.4, 0.5) is 0 Å². The maximum atomic E-state index is 11.9. The Morgan fingerprint density at radius 2 is 2.20 bits per heavy atom. The SMILES string of the molecule is CCOC(=O)c1oc(-c2coc(C)c2)nc1CC(C)C. The van der Waals surface area contributed by atoms with E-state index in [2.05, 4.69) is 18.8 Å². The Labute approximate surface area is 117 Å². The summed E-state index contributed by atoms with van der Waals surface area (Å²) in [6.45, 7) is 8.03. The monoisotopic (exact) mass is 277 g/mol. The molecule has 0 amide bonds. The molecule has 0 radical (unpaired) electrons. The van der Waals surface area contributed by atoms with E-state index in [0.29, 0.717) is 30.5 Å². The Morgan fingerprint density at radius 1 is 1.45 bits per heavy atom. The molecule has 0 spiro atoms. The van der Waals surface area contributed by atoms with Crippen LogP contribution in [0.2, 0.25) is 0 Å². The first-order chi connectivity index (χ1) is 9.51. The molecule has 2 aromatic rings. The minimum atomic E-state index is -0.470. The van der Waals surface area contributed by atoms with Gasteiger partial charge in [-0.05, 0) is 32.3 Å². The largest absolute Gasteiger partial charge is 0.469 e. The van der Waals surface area contributed by atoms with E-state index in [0.717, 1.165) is 11.3 Å². The van der Waals surface area contributed by atoms with Crippen LogP contribution in [0, 0.1) is 12.8 Å². The van der Waals surface area contributed by atoms with Crippen molar-refractivity contribution in [2.24, 2.45) is 5.92 Å². The van der Waals surface area contributed by atoms with E-state index < -0.39 is 5.97 Å². The zero-order valence-corrected chi connectivity index (χ0v) is 12.2. The van der Waals surface area contributed by atoms with Crippen LogP contribution in [-0.2, 0) is 11.2 Å². The molecular formula is C15H19NO4. The molecule has 2 rings (SSSR count). The number of carbonyl (C=O) groups is 1. The van der Waals surface area contributed by atoms with Gasteiger partial charge in [-0.15, -0.1) is 0 Å². The summed E-state index contributed by atoms with van der Waals surface area (Å²) in [5, 5.41) is 0. The molecule has 0 aliphatic rings. The predicted molar refractivity (Wildman–Crippen MR) is 73.4 cm³/mol. The number of esters is 1. The first-order valence-corrected chi connectivity index (χ1v) is 6.73. The minimum absolute atomic E-state index is 0.189. The van der Waals surface area contributed by atoms with Crippen molar-refractivity contribution < 1.29 is 18.4 Å². The van der Waals surface area contributed by atoms with Crippen LogP contribution in [0.15, 0.2) is 21.2 Å². The van der Waals surface area contributed by atoms with E-state index in [1.807, 2.05) is 13.0 Å². The highest BCUT2D eigenvalue weighted by molar-refractivity contribution is 5.88. The first-order valence-electron chi connectivity index (χ1n) is 6.73. The highest BCUT2D eigenvalue weighted by Crippen LogP contribution is 2.26. The maximum Gasteiger partial charge on any atom is 0.376 e. The summed E-state index contributed by atoms with van der Waals surface area (Å²) in [4.78, 5) is 16.3. The quantitative estimate of drug-likeness (QED) is 0.781. The molecule has 0 atom stereocenters. The van der Waals surface area contributed by atoms with Crippen molar-refractivity contribution in [1.29, 1.82) is 0 Å². The average Bonchev–Trinajstić information content (AvgIpc) is 2.95. The number of nitrogens with zero attached hydrogens (tertiary/aromatic N) is 1. The van der Waals surface area contributed by atoms with Crippen LogP contribution >= 0.6 is 0 Å². The third-order valence-electron chi connectivity index (χ3n) is 2.74. The smallest absolute Gasteiger partial charge is 0.376 e. The first kappa shape index (κ1) is 14.4. The van der Waals surface area contributed by atoms with E-state index >= 15 is 0 Å². The Hall–Kier alpha value is -2.04. The standard InChI is InChI=1S/C15H19NO4/c1-5-18-15(17)13-12(6-9(2)3)16-14(20-13)11-7-10(4)19-8-11/h7-9H,5-6H2,1-4H3. The van der Waals surface area contributed by atoms with Crippen LogP contribution in [0.25, 0.3) is 11.5 Å². The molecular weight excluding hydrogens is 258 g/mol. The molecule has 0 N–H and O–H groups in total. The van der Waals surface area contributed by atoms with Crippen LogP contribution in [0.1, 0.15) is 42.8 Å². The molecule has 108 valence electrons. The number of hydrogen-bond acceptors (Lipinski definition) is 5. The molecule has 0 unspecified atom stereocenters. The molecule has 5 heteroatoms. The number of hydrogen-bond donors (Lipinski definition) is 0. The predicted octanol–water partition coefficient (Wildman–Crippen LogP) is 3.62. The fourth-order valence-corrected chi connectivity index (χ4v) is 1.91. The molecule has 0 fully saturated rings. The average molecular weight is 277 g/mol. The second-order valence-electron chi connectivity index (χ2n) is 5.06. The topological polar surface area (TPSA) is 65.5 Å². The lowest BCUT2D eigenvalue weighted by Gasteiger charge is -2.02. The van der Waals surface area contributed by atoms with Crippen LogP contribution in [-0.4, -0.2) is 17.6 Å². The fourth-order valence-electron chi connectivity index (χ4n) is 1.91. The summed E-state index contributed by atoms with van der Waals surface area (Å²) in [7, 11) is 0. The Morgan fingerprint density at radius 3 is 2.75 bits per heavy atom. The molecule has 20 heavy (non-hydrogen) atoms. The van der Waals surface area contributed by atoms with Gasteiger partial charge in [-0.2, -0.15) is 0 Å². The lowest BCUT2D eigenvalue weighted by Crippen LogP contribution is -2.08. The van der Waals surface area contributed by atoms with Crippen molar-refractivity contribution in [2.45, 2.75) is 34.1 Å². The Bertz CT molecular complexity index is 595. The number of carbonyl (C=O) groups excluding carboxylic acids is 1. The van der Waals surface area contributed by atoms with Gasteiger partial charge in [-0.3, -0.25) is 0 Å². The Balaban J connectivity index is 2.38. The Kier molecular flexibility index (Phi) is 4.27. The normalized spacial score (nSPS) is 11.1. The minimum Gasteiger partial charge on any atom is -0.469 e. The van der Waals surface area contributed by atoms with Gasteiger partial charge in [0.15, 0.2) is 0 Å². The van der Waals surface area contributed by atoms with Gasteiger partial charge < -0.3 is 13.6 Å². The van der Waals surface area contributed by atoms with E-state index in [-0.39, 0.29) is 5.76 Å². The molecule has 0 saturated heterocycles. The summed E-state index contributed by atoms with van der Waals surface area (Å²) in [6, 6.07) is 1.82. The summed E-state index contributed by atoms with van der Waals surface area (Å²) < 4.78 is 15.8. The van der Waals surface area contributed by atoms with Crippen molar-refractivity contribution in [1.82, 2.24) is 4.98 Å². The van der Waals surface area contributed by atoms with Crippen molar-refractivity contribution in [3.63, 3.8) is 0 Å². The molecule has 0 saturated carbocycles. The zero-order chi connectivity index (χ0) is 14.7.